The Hall–Kier alpha value is -2.45. The van der Waals surface area contributed by atoms with Crippen molar-refractivity contribution in [2.75, 3.05) is 34.0 Å². The van der Waals surface area contributed by atoms with E-state index in [4.69, 9.17) is 18.0 Å². The van der Waals surface area contributed by atoms with Gasteiger partial charge < -0.3 is 22.8 Å². The van der Waals surface area contributed by atoms with Crippen LogP contribution in [0.4, 0.5) is 0 Å². The maximum Gasteiger partial charge on any atom is 0.500 e. The number of carbonyl (C=O) groups is 1. The van der Waals surface area contributed by atoms with Gasteiger partial charge in [0.2, 0.25) is 0 Å². The number of methoxy groups -OCH3 is 2. The van der Waals surface area contributed by atoms with Gasteiger partial charge in [-0.15, -0.1) is 0 Å². The molecule has 0 spiro atoms. The second-order valence-electron chi connectivity index (χ2n) is 7.69. The third kappa shape index (κ3) is 8.40. The number of aryl methyl sites for hydroxylation is 1. The van der Waals surface area contributed by atoms with Crippen molar-refractivity contribution in [1.29, 1.82) is 0 Å². The fourth-order valence-corrected chi connectivity index (χ4v) is 6.49. The van der Waals surface area contributed by atoms with Gasteiger partial charge in [0.1, 0.15) is 5.75 Å². The molecular weight excluding hydrogens is 448 g/mol. The second kappa shape index (κ2) is 14.7. The second-order valence-corrected chi connectivity index (χ2v) is 10.4. The number of carbonyl (C=O) groups excluding carboxylic acids is 1. The normalized spacial score (nSPS) is 11.7. The van der Waals surface area contributed by atoms with Crippen molar-refractivity contribution in [3.8, 4) is 16.9 Å². The summed E-state index contributed by atoms with van der Waals surface area (Å²) in [5.74, 6) is 0.515. The zero-order chi connectivity index (χ0) is 24.8. The first-order valence-electron chi connectivity index (χ1n) is 12.0. The molecule has 7 heteroatoms. The lowest BCUT2D eigenvalue weighted by atomic mass is 9.99. The average molecular weight is 487 g/mol. The van der Waals surface area contributed by atoms with Crippen LogP contribution in [0.2, 0.25) is 6.04 Å². The van der Waals surface area contributed by atoms with Crippen molar-refractivity contribution < 1.29 is 27.5 Å². The largest absolute Gasteiger partial charge is 0.500 e. The summed E-state index contributed by atoms with van der Waals surface area (Å²) in [6, 6.07) is 15.2. The third-order valence-electron chi connectivity index (χ3n) is 5.42. The molecule has 0 N–H and O–H groups in total. The molecule has 0 saturated carbocycles. The molecule has 2 aromatic rings. The van der Waals surface area contributed by atoms with Crippen LogP contribution >= 0.6 is 0 Å². The smallest absolute Gasteiger partial charge is 0.496 e. The van der Waals surface area contributed by atoms with Gasteiger partial charge >= 0.3 is 14.8 Å². The van der Waals surface area contributed by atoms with E-state index in [1.165, 1.54) is 18.7 Å². The van der Waals surface area contributed by atoms with Gasteiger partial charge in [0.05, 0.1) is 14.2 Å². The van der Waals surface area contributed by atoms with E-state index in [2.05, 4.69) is 22.9 Å². The number of hydrogen-bond acceptors (Lipinski definition) is 6. The minimum absolute atomic E-state index is 0.369. The van der Waals surface area contributed by atoms with Crippen LogP contribution < -0.4 is 4.74 Å². The van der Waals surface area contributed by atoms with Gasteiger partial charge in [-0.2, -0.15) is 0 Å². The molecule has 0 fully saturated rings. The molecule has 0 bridgehead atoms. The lowest BCUT2D eigenvalue weighted by Gasteiger charge is -2.28. The Morgan fingerprint density at radius 1 is 0.853 bits per heavy atom. The van der Waals surface area contributed by atoms with Crippen LogP contribution in [0.5, 0.6) is 5.75 Å². The Bertz CT molecular complexity index is 893. The summed E-state index contributed by atoms with van der Waals surface area (Å²) in [4.78, 5) is 11.3. The quantitative estimate of drug-likeness (QED) is 0.135. The number of benzene rings is 2. The summed E-state index contributed by atoms with van der Waals surface area (Å²) < 4.78 is 28.2. The highest BCUT2D eigenvalue weighted by Crippen LogP contribution is 2.29. The Kier molecular flexibility index (Phi) is 12.0. The number of ether oxygens (including phenoxy) is 2. The van der Waals surface area contributed by atoms with E-state index in [9.17, 15) is 4.79 Å². The van der Waals surface area contributed by atoms with E-state index >= 15 is 0 Å². The van der Waals surface area contributed by atoms with Gasteiger partial charge in [0.15, 0.2) is 0 Å². The summed E-state index contributed by atoms with van der Waals surface area (Å²) in [7, 11) is 0.485. The fourth-order valence-electron chi connectivity index (χ4n) is 3.81. The highest BCUT2D eigenvalue weighted by Gasteiger charge is 2.39. The van der Waals surface area contributed by atoms with Crippen molar-refractivity contribution in [2.24, 2.45) is 0 Å². The molecule has 0 radical (unpaired) electrons. The SMILES string of the molecule is CCO[Si](CCCCc1ccc(-c2ccc(C=CC(=O)OC)cc2)cc1OC)(OCC)OCC. The molecule has 0 aliphatic rings. The summed E-state index contributed by atoms with van der Waals surface area (Å²) >= 11 is 0. The van der Waals surface area contributed by atoms with E-state index in [0.717, 1.165) is 47.7 Å². The highest BCUT2D eigenvalue weighted by molar-refractivity contribution is 6.60. The van der Waals surface area contributed by atoms with E-state index in [1.54, 1.807) is 13.2 Å². The summed E-state index contributed by atoms with van der Waals surface area (Å²) in [5.41, 5.74) is 4.28. The van der Waals surface area contributed by atoms with Crippen LogP contribution in [0.25, 0.3) is 17.2 Å². The van der Waals surface area contributed by atoms with Gasteiger partial charge in [-0.3, -0.25) is 0 Å². The maximum absolute atomic E-state index is 11.3. The molecule has 0 heterocycles. The molecule has 0 aliphatic heterocycles. The molecule has 6 nitrogen and oxygen atoms in total. The van der Waals surface area contributed by atoms with Crippen LogP contribution in [0, 0.1) is 0 Å². The number of hydrogen-bond donors (Lipinski definition) is 0. The predicted molar refractivity (Wildman–Crippen MR) is 138 cm³/mol. The Labute approximate surface area is 205 Å². The van der Waals surface area contributed by atoms with Crippen molar-refractivity contribution in [1.82, 2.24) is 0 Å². The monoisotopic (exact) mass is 486 g/mol. The van der Waals surface area contributed by atoms with Gasteiger partial charge in [-0.05, 0) is 74.4 Å². The van der Waals surface area contributed by atoms with Crippen LogP contribution in [0.3, 0.4) is 0 Å². The van der Waals surface area contributed by atoms with Crippen LogP contribution in [0.1, 0.15) is 44.7 Å². The lowest BCUT2D eigenvalue weighted by Crippen LogP contribution is -2.45. The highest BCUT2D eigenvalue weighted by atomic mass is 28.4. The van der Waals surface area contributed by atoms with Crippen molar-refractivity contribution >= 4 is 20.8 Å². The van der Waals surface area contributed by atoms with E-state index in [-0.39, 0.29) is 5.97 Å². The minimum Gasteiger partial charge on any atom is -0.496 e. The van der Waals surface area contributed by atoms with Gasteiger partial charge in [0.25, 0.3) is 0 Å². The van der Waals surface area contributed by atoms with Crippen molar-refractivity contribution in [2.45, 2.75) is 46.1 Å². The summed E-state index contributed by atoms with van der Waals surface area (Å²) in [5, 5.41) is 0. The zero-order valence-electron chi connectivity index (χ0n) is 21.1. The molecule has 0 aromatic heterocycles. The van der Waals surface area contributed by atoms with Crippen molar-refractivity contribution in [3.05, 3.63) is 59.7 Å². The Morgan fingerprint density at radius 3 is 2.03 bits per heavy atom. The molecule has 186 valence electrons. The Morgan fingerprint density at radius 2 is 1.47 bits per heavy atom. The molecule has 0 unspecified atom stereocenters. The lowest BCUT2D eigenvalue weighted by molar-refractivity contribution is -0.134. The van der Waals surface area contributed by atoms with Gasteiger partial charge in [-0.25, -0.2) is 4.79 Å². The minimum atomic E-state index is -2.59. The number of rotatable bonds is 15. The standard InChI is InChI=1S/C27H38O6Si/c1-6-31-34(32-7-2,33-8-3)20-10-9-11-24-17-18-25(21-26(24)29-4)23-15-12-22(13-16-23)14-19-27(28)30-5/h12-19,21H,6-11,20H2,1-5H3. The first-order valence-corrected chi connectivity index (χ1v) is 13.9. The first-order chi connectivity index (χ1) is 16.5. The van der Waals surface area contributed by atoms with E-state index in [0.29, 0.717) is 19.8 Å². The molecule has 2 rings (SSSR count). The van der Waals surface area contributed by atoms with Gasteiger partial charge in [-0.1, -0.05) is 36.4 Å². The van der Waals surface area contributed by atoms with E-state index < -0.39 is 8.80 Å². The predicted octanol–water partition coefficient (Wildman–Crippen LogP) is 5.92. The zero-order valence-corrected chi connectivity index (χ0v) is 22.1. The fraction of sp³-hybridized carbons (Fsp3) is 0.444. The summed E-state index contributed by atoms with van der Waals surface area (Å²) in [6.07, 6.45) is 6.03. The molecular formula is C27H38O6Si. The van der Waals surface area contributed by atoms with Crippen LogP contribution in [0.15, 0.2) is 48.5 Å². The molecule has 34 heavy (non-hydrogen) atoms. The van der Waals surface area contributed by atoms with Crippen LogP contribution in [-0.2, 0) is 29.2 Å². The number of unbranched alkanes of at least 4 members (excludes halogenated alkanes) is 1. The van der Waals surface area contributed by atoms with Crippen molar-refractivity contribution in [3.63, 3.8) is 0 Å². The summed E-state index contributed by atoms with van der Waals surface area (Å²) in [6.45, 7) is 7.76. The molecule has 2 aromatic carbocycles. The first kappa shape index (κ1) is 27.8. The molecule has 0 atom stereocenters. The van der Waals surface area contributed by atoms with E-state index in [1.807, 2.05) is 45.0 Å². The Balaban J connectivity index is 2.02. The van der Waals surface area contributed by atoms with Gasteiger partial charge in [0, 0.05) is 31.9 Å². The molecule has 0 saturated heterocycles. The third-order valence-corrected chi connectivity index (χ3v) is 8.57. The number of esters is 1. The van der Waals surface area contributed by atoms with Crippen LogP contribution in [-0.4, -0.2) is 48.8 Å². The topological polar surface area (TPSA) is 63.2 Å². The molecule has 0 aliphatic carbocycles. The maximum atomic E-state index is 11.3. The molecule has 0 amide bonds. The average Bonchev–Trinajstić information content (AvgIpc) is 2.86.